The number of nitrogens with zero attached hydrogens (tertiary/aromatic N) is 2. The number of carbonyl (C=O) groups excluding carboxylic acids is 1. The molecule has 1 aliphatic rings. The first kappa shape index (κ1) is 15.8. The molecule has 6 heteroatoms. The van der Waals surface area contributed by atoms with Crippen molar-refractivity contribution in [3.05, 3.63) is 65.9 Å². The van der Waals surface area contributed by atoms with E-state index >= 15 is 0 Å². The van der Waals surface area contributed by atoms with Crippen LogP contribution in [0, 0.1) is 6.92 Å². The van der Waals surface area contributed by atoms with Gasteiger partial charge in [0.15, 0.2) is 0 Å². The molecule has 0 spiro atoms. The van der Waals surface area contributed by atoms with Crippen LogP contribution in [-0.4, -0.2) is 24.5 Å². The molecule has 3 aromatic rings. The molecule has 0 bridgehead atoms. The van der Waals surface area contributed by atoms with E-state index in [0.29, 0.717) is 5.52 Å². The van der Waals surface area contributed by atoms with Gasteiger partial charge in [-0.25, -0.2) is 22.2 Å². The fourth-order valence-corrected chi connectivity index (χ4v) is 4.60. The number of rotatable bonds is 4. The van der Waals surface area contributed by atoms with Crippen molar-refractivity contribution in [2.24, 2.45) is 4.99 Å². The molecule has 2 aromatic carbocycles. The molecule has 0 amide bonds. The Hall–Kier alpha value is -2.69. The molecule has 1 aliphatic carbocycles. The zero-order valence-electron chi connectivity index (χ0n) is 13.6. The third kappa shape index (κ3) is 2.60. The van der Waals surface area contributed by atoms with Gasteiger partial charge in [-0.1, -0.05) is 35.9 Å². The standard InChI is InChI=1S/C19H16N2O3S/c1-13-6-8-14(9-7-13)25(23,24)21-11-17(16-10-18(16)20-12-22)15-4-2-3-5-19(15)21/h2-9,11,16,18H,10H2,1H3/t16-,18+/m0/s1. The largest absolute Gasteiger partial charge is 0.268 e. The molecular formula is C19H16N2O3S. The molecule has 0 saturated heterocycles. The van der Waals surface area contributed by atoms with Crippen molar-refractivity contribution in [3.63, 3.8) is 0 Å². The van der Waals surface area contributed by atoms with Gasteiger partial charge in [-0.2, -0.15) is 0 Å². The number of aryl methyl sites for hydroxylation is 1. The number of benzene rings is 2. The van der Waals surface area contributed by atoms with E-state index in [0.717, 1.165) is 22.9 Å². The summed E-state index contributed by atoms with van der Waals surface area (Å²) in [5, 5.41) is 0.881. The quantitative estimate of drug-likeness (QED) is 0.534. The first-order chi connectivity index (χ1) is 12.0. The molecule has 1 heterocycles. The van der Waals surface area contributed by atoms with Gasteiger partial charge in [0.1, 0.15) is 0 Å². The van der Waals surface area contributed by atoms with Crippen molar-refractivity contribution in [1.29, 1.82) is 0 Å². The molecule has 1 saturated carbocycles. The maximum absolute atomic E-state index is 13.1. The zero-order valence-corrected chi connectivity index (χ0v) is 14.4. The van der Waals surface area contributed by atoms with Crippen molar-refractivity contribution in [2.45, 2.75) is 30.2 Å². The third-order valence-electron chi connectivity index (χ3n) is 4.66. The summed E-state index contributed by atoms with van der Waals surface area (Å²) in [5.41, 5.74) is 2.55. The van der Waals surface area contributed by atoms with Crippen molar-refractivity contribution in [2.75, 3.05) is 0 Å². The Morgan fingerprint density at radius 2 is 1.84 bits per heavy atom. The number of hydrogen-bond acceptors (Lipinski definition) is 4. The number of hydrogen-bond donors (Lipinski definition) is 0. The van der Waals surface area contributed by atoms with E-state index in [2.05, 4.69) is 4.99 Å². The highest BCUT2D eigenvalue weighted by atomic mass is 32.2. The average molecular weight is 352 g/mol. The first-order valence-corrected chi connectivity index (χ1v) is 9.45. The van der Waals surface area contributed by atoms with Crippen LogP contribution < -0.4 is 0 Å². The first-order valence-electron chi connectivity index (χ1n) is 8.01. The summed E-state index contributed by atoms with van der Waals surface area (Å²) in [7, 11) is -3.69. The Morgan fingerprint density at radius 1 is 1.12 bits per heavy atom. The predicted octanol–water partition coefficient (Wildman–Crippen LogP) is 3.38. The number of isocyanates is 1. The molecule has 5 nitrogen and oxygen atoms in total. The van der Waals surface area contributed by atoms with Crippen LogP contribution in [0.3, 0.4) is 0 Å². The van der Waals surface area contributed by atoms with Gasteiger partial charge in [-0.15, -0.1) is 0 Å². The van der Waals surface area contributed by atoms with Crippen LogP contribution in [0.2, 0.25) is 0 Å². The topological polar surface area (TPSA) is 68.5 Å². The SMILES string of the molecule is Cc1ccc(S(=O)(=O)n2cc([C@@H]3C[C@H]3N=C=O)c3ccccc32)cc1. The molecule has 1 fully saturated rings. The second-order valence-electron chi connectivity index (χ2n) is 6.35. The van der Waals surface area contributed by atoms with Gasteiger partial charge in [0.25, 0.3) is 10.0 Å². The lowest BCUT2D eigenvalue weighted by Crippen LogP contribution is -2.11. The van der Waals surface area contributed by atoms with Gasteiger partial charge in [-0.3, -0.25) is 0 Å². The highest BCUT2D eigenvalue weighted by molar-refractivity contribution is 7.90. The summed E-state index contributed by atoms with van der Waals surface area (Å²) >= 11 is 0. The molecular weight excluding hydrogens is 336 g/mol. The van der Waals surface area contributed by atoms with Gasteiger partial charge in [0.05, 0.1) is 16.5 Å². The molecule has 0 unspecified atom stereocenters. The number of aliphatic imine (C=N–C) groups is 1. The van der Waals surface area contributed by atoms with Crippen molar-refractivity contribution >= 4 is 27.0 Å². The van der Waals surface area contributed by atoms with E-state index in [9.17, 15) is 13.2 Å². The van der Waals surface area contributed by atoms with E-state index in [1.54, 1.807) is 42.6 Å². The summed E-state index contributed by atoms with van der Waals surface area (Å²) in [5.74, 6) is 0.0702. The highest BCUT2D eigenvalue weighted by Gasteiger charge is 2.41. The summed E-state index contributed by atoms with van der Waals surface area (Å²) in [4.78, 5) is 14.5. The Morgan fingerprint density at radius 3 is 2.56 bits per heavy atom. The number of fused-ring (bicyclic) bond motifs is 1. The van der Waals surface area contributed by atoms with Crippen LogP contribution in [0.4, 0.5) is 0 Å². The van der Waals surface area contributed by atoms with Gasteiger partial charge in [-0.05, 0) is 37.1 Å². The normalized spacial score (nSPS) is 19.6. The Bertz CT molecular complexity index is 1110. The summed E-state index contributed by atoms with van der Waals surface area (Å²) in [6.45, 7) is 1.92. The smallest absolute Gasteiger partial charge is 0.241 e. The van der Waals surface area contributed by atoms with E-state index < -0.39 is 10.0 Å². The summed E-state index contributed by atoms with van der Waals surface area (Å²) in [6.07, 6.45) is 4.01. The van der Waals surface area contributed by atoms with Gasteiger partial charge < -0.3 is 0 Å². The van der Waals surface area contributed by atoms with Crippen LogP contribution in [0.1, 0.15) is 23.5 Å². The zero-order chi connectivity index (χ0) is 17.6. The molecule has 126 valence electrons. The van der Waals surface area contributed by atoms with Crippen molar-refractivity contribution in [3.8, 4) is 0 Å². The molecule has 4 rings (SSSR count). The summed E-state index contributed by atoms with van der Waals surface area (Å²) in [6, 6.07) is 14.1. The van der Waals surface area contributed by atoms with Gasteiger partial charge >= 0.3 is 0 Å². The molecule has 0 N–H and O–H groups in total. The molecule has 0 aliphatic heterocycles. The van der Waals surface area contributed by atoms with Gasteiger partial charge in [0, 0.05) is 17.5 Å². The van der Waals surface area contributed by atoms with E-state index in [4.69, 9.17) is 0 Å². The Labute approximate surface area is 145 Å². The third-order valence-corrected chi connectivity index (χ3v) is 6.35. The van der Waals surface area contributed by atoms with Crippen LogP contribution in [0.5, 0.6) is 0 Å². The second-order valence-corrected chi connectivity index (χ2v) is 8.16. The maximum atomic E-state index is 13.1. The van der Waals surface area contributed by atoms with Gasteiger partial charge in [0.2, 0.25) is 6.08 Å². The lowest BCUT2D eigenvalue weighted by molar-refractivity contribution is 0.562. The minimum atomic E-state index is -3.69. The number of aromatic nitrogens is 1. The molecule has 0 radical (unpaired) electrons. The van der Waals surface area contributed by atoms with Crippen LogP contribution in [0.15, 0.2) is 64.6 Å². The van der Waals surface area contributed by atoms with E-state index in [1.165, 1.54) is 3.97 Å². The second kappa shape index (κ2) is 5.69. The molecule has 2 atom stereocenters. The fourth-order valence-electron chi connectivity index (χ4n) is 3.22. The minimum Gasteiger partial charge on any atom is -0.241 e. The predicted molar refractivity (Wildman–Crippen MR) is 95.0 cm³/mol. The average Bonchev–Trinajstić information content (AvgIpc) is 3.25. The minimum absolute atomic E-state index is 0.0702. The lowest BCUT2D eigenvalue weighted by Gasteiger charge is -2.07. The maximum Gasteiger partial charge on any atom is 0.268 e. The Balaban J connectivity index is 1.88. The lowest BCUT2D eigenvalue weighted by atomic mass is 10.1. The van der Waals surface area contributed by atoms with Crippen molar-refractivity contribution in [1.82, 2.24) is 3.97 Å². The Kier molecular flexibility index (Phi) is 3.60. The highest BCUT2D eigenvalue weighted by Crippen LogP contribution is 2.46. The molecule has 1 aromatic heterocycles. The van der Waals surface area contributed by atoms with Crippen LogP contribution >= 0.6 is 0 Å². The van der Waals surface area contributed by atoms with Crippen LogP contribution in [-0.2, 0) is 14.8 Å². The van der Waals surface area contributed by atoms with E-state index in [-0.39, 0.29) is 16.9 Å². The van der Waals surface area contributed by atoms with Crippen molar-refractivity contribution < 1.29 is 13.2 Å². The summed E-state index contributed by atoms with van der Waals surface area (Å²) < 4.78 is 27.5. The fraction of sp³-hybridized carbons (Fsp3) is 0.211. The monoisotopic (exact) mass is 352 g/mol. The molecule has 25 heavy (non-hydrogen) atoms. The number of para-hydroxylation sites is 1. The van der Waals surface area contributed by atoms with E-state index in [1.807, 2.05) is 25.1 Å². The van der Waals surface area contributed by atoms with Crippen LogP contribution in [0.25, 0.3) is 10.9 Å².